The number of likely N-dealkylation sites (tertiary alicyclic amines) is 1. The number of rotatable bonds is 4. The monoisotopic (exact) mass is 265 g/mol. The Kier molecular flexibility index (Phi) is 4.45. The second-order valence-electron chi connectivity index (χ2n) is 7.19. The average molecular weight is 265 g/mol. The SMILES string of the molecule is CC(C)N1CCN(C2CN(CC3CCCC3)C2)CC1. The van der Waals surface area contributed by atoms with E-state index in [0.29, 0.717) is 0 Å². The van der Waals surface area contributed by atoms with E-state index in [9.17, 15) is 0 Å². The molecule has 2 heterocycles. The summed E-state index contributed by atoms with van der Waals surface area (Å²) in [5.41, 5.74) is 0. The number of hydrogen-bond donors (Lipinski definition) is 0. The first-order valence-corrected chi connectivity index (χ1v) is 8.43. The highest BCUT2D eigenvalue weighted by molar-refractivity contribution is 4.91. The minimum absolute atomic E-state index is 0.724. The van der Waals surface area contributed by atoms with Crippen LogP contribution in [-0.4, -0.2) is 72.6 Å². The molecule has 2 aliphatic heterocycles. The zero-order valence-electron chi connectivity index (χ0n) is 12.9. The van der Waals surface area contributed by atoms with E-state index < -0.39 is 0 Å². The van der Waals surface area contributed by atoms with Gasteiger partial charge in [0.25, 0.3) is 0 Å². The molecule has 19 heavy (non-hydrogen) atoms. The van der Waals surface area contributed by atoms with Gasteiger partial charge >= 0.3 is 0 Å². The Morgan fingerprint density at radius 1 is 0.947 bits per heavy atom. The summed E-state index contributed by atoms with van der Waals surface area (Å²) in [6.45, 7) is 13.9. The first kappa shape index (κ1) is 13.8. The Labute approximate surface area is 118 Å². The molecule has 3 nitrogen and oxygen atoms in total. The van der Waals surface area contributed by atoms with Gasteiger partial charge in [0.1, 0.15) is 0 Å². The molecular weight excluding hydrogens is 234 g/mol. The van der Waals surface area contributed by atoms with Crippen LogP contribution in [0.2, 0.25) is 0 Å². The Hall–Kier alpha value is -0.120. The van der Waals surface area contributed by atoms with Crippen molar-refractivity contribution in [3.05, 3.63) is 0 Å². The van der Waals surface area contributed by atoms with Gasteiger partial charge in [0.05, 0.1) is 0 Å². The van der Waals surface area contributed by atoms with Crippen molar-refractivity contribution >= 4 is 0 Å². The van der Waals surface area contributed by atoms with Gasteiger partial charge in [-0.3, -0.25) is 14.7 Å². The van der Waals surface area contributed by atoms with E-state index in [-0.39, 0.29) is 0 Å². The molecule has 2 saturated heterocycles. The third-order valence-electron chi connectivity index (χ3n) is 5.52. The molecule has 1 saturated carbocycles. The molecule has 0 bridgehead atoms. The summed E-state index contributed by atoms with van der Waals surface area (Å²) < 4.78 is 0. The van der Waals surface area contributed by atoms with Crippen molar-refractivity contribution in [2.24, 2.45) is 5.92 Å². The highest BCUT2D eigenvalue weighted by Gasteiger charge is 2.34. The van der Waals surface area contributed by atoms with Gasteiger partial charge in [0.15, 0.2) is 0 Å². The molecule has 3 rings (SSSR count). The Bertz CT molecular complexity index is 272. The zero-order valence-corrected chi connectivity index (χ0v) is 12.9. The standard InChI is InChI=1S/C16H31N3/c1-14(2)18-7-9-19(10-8-18)16-12-17(13-16)11-15-5-3-4-6-15/h14-16H,3-13H2,1-2H3. The third-order valence-corrected chi connectivity index (χ3v) is 5.52. The van der Waals surface area contributed by atoms with Crippen LogP contribution in [-0.2, 0) is 0 Å². The summed E-state index contributed by atoms with van der Waals surface area (Å²) in [7, 11) is 0. The van der Waals surface area contributed by atoms with Gasteiger partial charge in [0, 0.05) is 57.9 Å². The fraction of sp³-hybridized carbons (Fsp3) is 1.00. The third kappa shape index (κ3) is 3.32. The molecule has 0 unspecified atom stereocenters. The smallest absolute Gasteiger partial charge is 0.0351 e. The summed E-state index contributed by atoms with van der Waals surface area (Å²) in [5.74, 6) is 1.03. The lowest BCUT2D eigenvalue weighted by molar-refractivity contribution is -0.00636. The zero-order chi connectivity index (χ0) is 13.2. The van der Waals surface area contributed by atoms with Crippen LogP contribution in [0.1, 0.15) is 39.5 Å². The minimum atomic E-state index is 0.724. The summed E-state index contributed by atoms with van der Waals surface area (Å²) in [6.07, 6.45) is 5.96. The van der Waals surface area contributed by atoms with Crippen molar-refractivity contribution in [2.45, 2.75) is 51.6 Å². The summed E-state index contributed by atoms with van der Waals surface area (Å²) in [6, 6.07) is 1.60. The molecule has 0 atom stereocenters. The maximum Gasteiger partial charge on any atom is 0.0351 e. The molecule has 1 aliphatic carbocycles. The lowest BCUT2D eigenvalue weighted by atomic mass is 10.0. The van der Waals surface area contributed by atoms with Crippen molar-refractivity contribution in [2.75, 3.05) is 45.8 Å². The Morgan fingerprint density at radius 2 is 1.58 bits per heavy atom. The van der Waals surface area contributed by atoms with Crippen LogP contribution < -0.4 is 0 Å². The highest BCUT2D eigenvalue weighted by Crippen LogP contribution is 2.28. The second kappa shape index (κ2) is 6.11. The number of piperazine rings is 1. The van der Waals surface area contributed by atoms with Crippen LogP contribution in [0.5, 0.6) is 0 Å². The number of hydrogen-bond acceptors (Lipinski definition) is 3. The first-order valence-electron chi connectivity index (χ1n) is 8.43. The molecule has 110 valence electrons. The van der Waals surface area contributed by atoms with Crippen LogP contribution in [0.25, 0.3) is 0 Å². The van der Waals surface area contributed by atoms with Gasteiger partial charge < -0.3 is 0 Å². The van der Waals surface area contributed by atoms with Crippen molar-refractivity contribution in [3.63, 3.8) is 0 Å². The van der Waals surface area contributed by atoms with E-state index in [0.717, 1.165) is 18.0 Å². The topological polar surface area (TPSA) is 9.72 Å². The molecule has 0 amide bonds. The fourth-order valence-corrected chi connectivity index (χ4v) is 4.10. The summed E-state index contributed by atoms with van der Waals surface area (Å²) in [4.78, 5) is 8.06. The van der Waals surface area contributed by atoms with E-state index in [1.165, 1.54) is 71.5 Å². The molecule has 3 fully saturated rings. The Morgan fingerprint density at radius 3 is 2.16 bits per heavy atom. The van der Waals surface area contributed by atoms with E-state index >= 15 is 0 Å². The van der Waals surface area contributed by atoms with Crippen LogP contribution in [0.3, 0.4) is 0 Å². The molecule has 0 aromatic heterocycles. The van der Waals surface area contributed by atoms with Crippen molar-refractivity contribution < 1.29 is 0 Å². The van der Waals surface area contributed by atoms with Gasteiger partial charge in [-0.15, -0.1) is 0 Å². The molecule has 0 spiro atoms. The molecule has 0 N–H and O–H groups in total. The largest absolute Gasteiger partial charge is 0.300 e. The van der Waals surface area contributed by atoms with Gasteiger partial charge in [0.2, 0.25) is 0 Å². The van der Waals surface area contributed by atoms with Gasteiger partial charge in [-0.1, -0.05) is 12.8 Å². The highest BCUT2D eigenvalue weighted by atomic mass is 15.4. The predicted molar refractivity (Wildman–Crippen MR) is 80.5 cm³/mol. The van der Waals surface area contributed by atoms with E-state index in [1.54, 1.807) is 0 Å². The number of nitrogens with zero attached hydrogens (tertiary/aromatic N) is 3. The lowest BCUT2D eigenvalue weighted by Crippen LogP contribution is -2.63. The van der Waals surface area contributed by atoms with Crippen LogP contribution in [0.15, 0.2) is 0 Å². The van der Waals surface area contributed by atoms with Crippen molar-refractivity contribution in [1.82, 2.24) is 14.7 Å². The second-order valence-corrected chi connectivity index (χ2v) is 7.19. The normalized spacial score (nSPS) is 29.2. The van der Waals surface area contributed by atoms with Crippen LogP contribution in [0, 0.1) is 5.92 Å². The lowest BCUT2D eigenvalue weighted by Gasteiger charge is -2.49. The summed E-state index contributed by atoms with van der Waals surface area (Å²) in [5, 5.41) is 0. The van der Waals surface area contributed by atoms with E-state index in [1.807, 2.05) is 0 Å². The molecule has 3 aliphatic rings. The predicted octanol–water partition coefficient (Wildman–Crippen LogP) is 1.89. The minimum Gasteiger partial charge on any atom is -0.300 e. The molecule has 3 heteroatoms. The Balaban J connectivity index is 1.35. The molecule has 0 aromatic rings. The van der Waals surface area contributed by atoms with Gasteiger partial charge in [-0.25, -0.2) is 0 Å². The van der Waals surface area contributed by atoms with Crippen LogP contribution in [0.4, 0.5) is 0 Å². The molecule has 0 aromatic carbocycles. The van der Waals surface area contributed by atoms with E-state index in [4.69, 9.17) is 0 Å². The van der Waals surface area contributed by atoms with Gasteiger partial charge in [-0.05, 0) is 32.6 Å². The fourth-order valence-electron chi connectivity index (χ4n) is 4.10. The first-order chi connectivity index (χ1) is 9.22. The van der Waals surface area contributed by atoms with Crippen LogP contribution >= 0.6 is 0 Å². The maximum absolute atomic E-state index is 2.74. The quantitative estimate of drug-likeness (QED) is 0.768. The maximum atomic E-state index is 2.74. The molecular formula is C16H31N3. The molecule has 0 radical (unpaired) electrons. The van der Waals surface area contributed by atoms with Crippen molar-refractivity contribution in [1.29, 1.82) is 0 Å². The summed E-state index contributed by atoms with van der Waals surface area (Å²) >= 11 is 0. The van der Waals surface area contributed by atoms with E-state index in [2.05, 4.69) is 28.5 Å². The average Bonchev–Trinajstić information content (AvgIpc) is 2.86. The van der Waals surface area contributed by atoms with Gasteiger partial charge in [-0.2, -0.15) is 0 Å². The van der Waals surface area contributed by atoms with Crippen molar-refractivity contribution in [3.8, 4) is 0 Å².